The topological polar surface area (TPSA) is 117 Å². The van der Waals surface area contributed by atoms with Gasteiger partial charge in [-0.05, 0) is 43.7 Å². The van der Waals surface area contributed by atoms with Crippen molar-refractivity contribution in [3.8, 4) is 29.7 Å². The van der Waals surface area contributed by atoms with Crippen molar-refractivity contribution in [3.63, 3.8) is 0 Å². The molecule has 1 N–H and O–H groups in total. The average molecular weight is 418 g/mol. The fourth-order valence-electron chi connectivity index (χ4n) is 4.65. The van der Waals surface area contributed by atoms with E-state index in [2.05, 4.69) is 23.1 Å². The standard InChI is InChI=1S/C24H27N5O2/c1-4-10-31-20-7-6-16(11-21(20)30-5-2)22-19-13-29(3)9-8-17(19)18(12-25)23(28)24(22,14-26)15-27/h6-8,11,18-19,22,28H,4-5,9-10,13H2,1-3H3/t18-,19+,22+/m1/s1. The maximum absolute atomic E-state index is 10.1. The summed E-state index contributed by atoms with van der Waals surface area (Å²) in [5, 5.41) is 38.8. The first-order valence-corrected chi connectivity index (χ1v) is 10.6. The number of hydrogen-bond acceptors (Lipinski definition) is 7. The van der Waals surface area contributed by atoms with E-state index >= 15 is 0 Å². The molecule has 7 nitrogen and oxygen atoms in total. The van der Waals surface area contributed by atoms with Crippen LogP contribution in [0.5, 0.6) is 11.5 Å². The molecule has 1 aliphatic carbocycles. The molecule has 0 amide bonds. The van der Waals surface area contributed by atoms with E-state index in [9.17, 15) is 15.8 Å². The number of nitriles is 3. The summed E-state index contributed by atoms with van der Waals surface area (Å²) in [5.41, 5.74) is -0.291. The van der Waals surface area contributed by atoms with Gasteiger partial charge in [-0.1, -0.05) is 19.1 Å². The first-order valence-electron chi connectivity index (χ1n) is 10.6. The normalized spacial score (nSPS) is 24.7. The molecule has 3 rings (SSSR count). The first kappa shape index (κ1) is 22.3. The van der Waals surface area contributed by atoms with Gasteiger partial charge < -0.3 is 19.8 Å². The van der Waals surface area contributed by atoms with Crippen molar-refractivity contribution >= 4 is 5.71 Å². The Bertz CT molecular complexity index is 996. The third-order valence-electron chi connectivity index (χ3n) is 6.06. The molecule has 7 heteroatoms. The number of likely N-dealkylation sites (N-methyl/N-ethyl adjacent to an activating group) is 1. The summed E-state index contributed by atoms with van der Waals surface area (Å²) >= 11 is 0. The highest BCUT2D eigenvalue weighted by molar-refractivity contribution is 6.00. The molecule has 0 radical (unpaired) electrons. The van der Waals surface area contributed by atoms with Crippen molar-refractivity contribution in [3.05, 3.63) is 35.4 Å². The van der Waals surface area contributed by atoms with Crippen LogP contribution in [-0.4, -0.2) is 44.0 Å². The minimum atomic E-state index is -1.73. The number of nitrogens with zero attached hydrogens (tertiary/aromatic N) is 4. The maximum Gasteiger partial charge on any atom is 0.189 e. The summed E-state index contributed by atoms with van der Waals surface area (Å²) in [5.74, 6) is -0.499. The highest BCUT2D eigenvalue weighted by Crippen LogP contribution is 2.54. The molecule has 0 saturated heterocycles. The predicted molar refractivity (Wildman–Crippen MR) is 116 cm³/mol. The van der Waals surface area contributed by atoms with Gasteiger partial charge in [-0.2, -0.15) is 15.8 Å². The minimum Gasteiger partial charge on any atom is -0.490 e. The largest absolute Gasteiger partial charge is 0.490 e. The molecular weight excluding hydrogens is 390 g/mol. The number of benzene rings is 1. The quantitative estimate of drug-likeness (QED) is 0.706. The van der Waals surface area contributed by atoms with Crippen LogP contribution in [0.2, 0.25) is 0 Å². The third-order valence-corrected chi connectivity index (χ3v) is 6.06. The molecule has 160 valence electrons. The Hall–Kier alpha value is -3.34. The monoisotopic (exact) mass is 417 g/mol. The van der Waals surface area contributed by atoms with Crippen LogP contribution in [0, 0.1) is 56.7 Å². The molecule has 0 aromatic heterocycles. The van der Waals surface area contributed by atoms with Crippen LogP contribution in [0.25, 0.3) is 0 Å². The van der Waals surface area contributed by atoms with Gasteiger partial charge in [0.1, 0.15) is 5.92 Å². The Morgan fingerprint density at radius 3 is 2.52 bits per heavy atom. The molecule has 1 saturated carbocycles. The zero-order valence-corrected chi connectivity index (χ0v) is 18.2. The van der Waals surface area contributed by atoms with E-state index in [1.165, 1.54) is 0 Å². The number of rotatable bonds is 6. The van der Waals surface area contributed by atoms with Crippen molar-refractivity contribution in [1.82, 2.24) is 4.90 Å². The third kappa shape index (κ3) is 3.76. The molecule has 0 bridgehead atoms. The van der Waals surface area contributed by atoms with Crippen LogP contribution < -0.4 is 9.47 Å². The first-order chi connectivity index (χ1) is 15.0. The smallest absolute Gasteiger partial charge is 0.189 e. The van der Waals surface area contributed by atoms with Gasteiger partial charge in [-0.15, -0.1) is 0 Å². The van der Waals surface area contributed by atoms with Crippen LogP contribution in [0.3, 0.4) is 0 Å². The molecule has 1 aromatic rings. The highest BCUT2D eigenvalue weighted by Gasteiger charge is 2.57. The second-order valence-electron chi connectivity index (χ2n) is 8.00. The van der Waals surface area contributed by atoms with E-state index in [0.717, 1.165) is 17.6 Å². The summed E-state index contributed by atoms with van der Waals surface area (Å²) in [4.78, 5) is 2.10. The summed E-state index contributed by atoms with van der Waals surface area (Å²) in [6.45, 7) is 6.18. The number of fused-ring (bicyclic) bond motifs is 1. The lowest BCUT2D eigenvalue weighted by Gasteiger charge is -2.47. The van der Waals surface area contributed by atoms with E-state index in [1.807, 2.05) is 45.2 Å². The SMILES string of the molecule is CCCOc1ccc([C@H]2[C@H]3CN(C)CC=C3[C@@H](C#N)C(=N)C2(C#N)C#N)cc1OCC. The number of ether oxygens (including phenoxy) is 2. The van der Waals surface area contributed by atoms with E-state index in [-0.39, 0.29) is 11.6 Å². The van der Waals surface area contributed by atoms with E-state index in [4.69, 9.17) is 14.9 Å². The Kier molecular flexibility index (Phi) is 6.64. The van der Waals surface area contributed by atoms with Crippen LogP contribution >= 0.6 is 0 Å². The van der Waals surface area contributed by atoms with Gasteiger partial charge in [0.15, 0.2) is 16.9 Å². The Balaban J connectivity index is 2.19. The van der Waals surface area contributed by atoms with Gasteiger partial charge in [-0.25, -0.2) is 0 Å². The van der Waals surface area contributed by atoms with E-state index in [1.54, 1.807) is 0 Å². The van der Waals surface area contributed by atoms with Crippen LogP contribution in [-0.2, 0) is 0 Å². The predicted octanol–water partition coefficient (Wildman–Crippen LogP) is 3.65. The van der Waals surface area contributed by atoms with Crippen LogP contribution in [0.1, 0.15) is 31.7 Å². The molecule has 1 fully saturated rings. The van der Waals surface area contributed by atoms with Gasteiger partial charge in [0.25, 0.3) is 0 Å². The molecule has 2 aliphatic rings. The van der Waals surface area contributed by atoms with Gasteiger partial charge in [0.2, 0.25) is 0 Å². The lowest BCUT2D eigenvalue weighted by Crippen LogP contribution is -2.52. The van der Waals surface area contributed by atoms with Gasteiger partial charge in [0.05, 0.1) is 37.1 Å². The van der Waals surface area contributed by atoms with Gasteiger partial charge >= 0.3 is 0 Å². The van der Waals surface area contributed by atoms with Crippen LogP contribution in [0.15, 0.2) is 29.8 Å². The average Bonchev–Trinajstić information content (AvgIpc) is 2.78. The second-order valence-corrected chi connectivity index (χ2v) is 8.00. The highest BCUT2D eigenvalue weighted by atomic mass is 16.5. The Morgan fingerprint density at radius 1 is 1.16 bits per heavy atom. The van der Waals surface area contributed by atoms with Crippen LogP contribution in [0.4, 0.5) is 0 Å². The fraction of sp³-hybridized carbons (Fsp3) is 0.500. The molecule has 1 aliphatic heterocycles. The molecule has 31 heavy (non-hydrogen) atoms. The van der Waals surface area contributed by atoms with Crippen molar-refractivity contribution < 1.29 is 9.47 Å². The number of hydrogen-bond donors (Lipinski definition) is 1. The summed E-state index contributed by atoms with van der Waals surface area (Å²) in [6, 6.07) is 11.9. The lowest BCUT2D eigenvalue weighted by molar-refractivity contribution is 0.234. The molecule has 1 aromatic carbocycles. The fourth-order valence-corrected chi connectivity index (χ4v) is 4.65. The summed E-state index contributed by atoms with van der Waals surface area (Å²) < 4.78 is 11.6. The summed E-state index contributed by atoms with van der Waals surface area (Å²) in [7, 11) is 1.97. The lowest BCUT2D eigenvalue weighted by atomic mass is 9.54. The van der Waals surface area contributed by atoms with Crippen molar-refractivity contribution in [2.75, 3.05) is 33.4 Å². The molecular formula is C24H27N5O2. The van der Waals surface area contributed by atoms with Gasteiger partial charge in [0, 0.05) is 24.9 Å². The van der Waals surface area contributed by atoms with Crippen molar-refractivity contribution in [1.29, 1.82) is 21.2 Å². The second kappa shape index (κ2) is 9.21. The zero-order chi connectivity index (χ0) is 22.6. The Morgan fingerprint density at radius 2 is 1.90 bits per heavy atom. The van der Waals surface area contributed by atoms with Crippen molar-refractivity contribution in [2.24, 2.45) is 17.3 Å². The van der Waals surface area contributed by atoms with Crippen molar-refractivity contribution in [2.45, 2.75) is 26.2 Å². The molecule has 1 heterocycles. The number of nitrogens with one attached hydrogen (secondary N) is 1. The van der Waals surface area contributed by atoms with E-state index < -0.39 is 17.3 Å². The zero-order valence-electron chi connectivity index (χ0n) is 18.2. The molecule has 0 unspecified atom stereocenters. The van der Waals surface area contributed by atoms with E-state index in [0.29, 0.717) is 37.8 Å². The maximum atomic E-state index is 10.1. The molecule has 0 spiro atoms. The minimum absolute atomic E-state index is 0.138. The van der Waals surface area contributed by atoms with Gasteiger partial charge in [-0.3, -0.25) is 0 Å². The molecule has 3 atom stereocenters. The Labute approximate surface area is 183 Å². The summed E-state index contributed by atoms with van der Waals surface area (Å²) in [6.07, 6.45) is 2.83.